The summed E-state index contributed by atoms with van der Waals surface area (Å²) in [7, 11) is 5.64. The number of nitrogens with zero attached hydrogens (tertiary/aromatic N) is 2. The van der Waals surface area contributed by atoms with Crippen molar-refractivity contribution in [3.05, 3.63) is 53.0 Å². The molecule has 0 amide bonds. The highest BCUT2D eigenvalue weighted by Crippen LogP contribution is 2.38. The molecule has 0 aliphatic heterocycles. The number of hydrogen-bond acceptors (Lipinski definition) is 3. The maximum Gasteiger partial charge on any atom is 0.134 e. The fourth-order valence-corrected chi connectivity index (χ4v) is 3.02. The molecule has 134 valence electrons. The van der Waals surface area contributed by atoms with Gasteiger partial charge in [-0.05, 0) is 36.1 Å². The molecule has 0 saturated carbocycles. The quantitative estimate of drug-likeness (QED) is 0.716. The van der Waals surface area contributed by atoms with E-state index in [1.54, 1.807) is 7.11 Å². The molecule has 25 heavy (non-hydrogen) atoms. The molecule has 1 aromatic heterocycles. The predicted molar refractivity (Wildman–Crippen MR) is 103 cm³/mol. The number of ether oxygens (including phenoxy) is 1. The summed E-state index contributed by atoms with van der Waals surface area (Å²) < 4.78 is 18.9. The number of anilines is 1. The van der Waals surface area contributed by atoms with Crippen LogP contribution in [0.15, 0.2) is 30.3 Å². The summed E-state index contributed by atoms with van der Waals surface area (Å²) in [5, 5.41) is 0. The van der Waals surface area contributed by atoms with E-state index in [9.17, 15) is 4.39 Å². The van der Waals surface area contributed by atoms with Crippen LogP contribution in [0.4, 0.5) is 10.2 Å². The number of allylic oxidation sites excluding steroid dienone is 1. The third-order valence-corrected chi connectivity index (χ3v) is 4.07. The van der Waals surface area contributed by atoms with Crippen molar-refractivity contribution in [2.45, 2.75) is 33.3 Å². The minimum absolute atomic E-state index is 0.240. The normalized spacial score (nSPS) is 11.5. The molecule has 4 heteroatoms. The number of aromatic nitrogens is 1. The van der Waals surface area contributed by atoms with Crippen molar-refractivity contribution in [3.8, 4) is 11.1 Å². The van der Waals surface area contributed by atoms with E-state index in [2.05, 4.69) is 19.9 Å². The first-order chi connectivity index (χ1) is 11.9. The second-order valence-corrected chi connectivity index (χ2v) is 6.58. The van der Waals surface area contributed by atoms with E-state index >= 15 is 0 Å². The molecule has 0 radical (unpaired) electrons. The van der Waals surface area contributed by atoms with Crippen molar-refractivity contribution < 1.29 is 9.13 Å². The van der Waals surface area contributed by atoms with Crippen molar-refractivity contribution in [2.24, 2.45) is 0 Å². The van der Waals surface area contributed by atoms with Gasteiger partial charge in [-0.2, -0.15) is 0 Å². The highest BCUT2D eigenvalue weighted by atomic mass is 19.1. The Balaban J connectivity index is 2.92. The van der Waals surface area contributed by atoms with Gasteiger partial charge >= 0.3 is 0 Å². The molecular weight excluding hydrogens is 315 g/mol. The van der Waals surface area contributed by atoms with Crippen molar-refractivity contribution in [3.63, 3.8) is 0 Å². The van der Waals surface area contributed by atoms with Gasteiger partial charge in [0.2, 0.25) is 0 Å². The molecule has 1 aromatic carbocycles. The number of methoxy groups -OCH3 is 1. The molecule has 2 rings (SSSR count). The Labute approximate surface area is 150 Å². The van der Waals surface area contributed by atoms with Crippen LogP contribution < -0.4 is 4.90 Å². The standard InChI is InChI=1S/C21H27FN2O/c1-7-8-17-19(15-9-11-16(22)12-10-15)18(13-25-6)21(24(4)5)23-20(17)14(2)3/h7-12,14H,13H2,1-6H3/b8-7+. The fourth-order valence-electron chi connectivity index (χ4n) is 3.02. The molecule has 0 fully saturated rings. The Kier molecular flexibility index (Phi) is 6.32. The first kappa shape index (κ1) is 19.1. The number of pyridine rings is 1. The van der Waals surface area contributed by atoms with E-state index < -0.39 is 0 Å². The zero-order valence-corrected chi connectivity index (χ0v) is 15.9. The lowest BCUT2D eigenvalue weighted by atomic mass is 9.90. The van der Waals surface area contributed by atoms with Gasteiger partial charge in [0.15, 0.2) is 0 Å². The number of benzene rings is 1. The Morgan fingerprint density at radius 3 is 2.32 bits per heavy atom. The van der Waals surface area contributed by atoms with Crippen molar-refractivity contribution in [2.75, 3.05) is 26.1 Å². The minimum atomic E-state index is -0.240. The van der Waals surface area contributed by atoms with E-state index in [1.807, 2.05) is 44.1 Å². The summed E-state index contributed by atoms with van der Waals surface area (Å²) in [5.74, 6) is 0.911. The third kappa shape index (κ3) is 4.07. The van der Waals surface area contributed by atoms with Gasteiger partial charge in [0.05, 0.1) is 12.3 Å². The smallest absolute Gasteiger partial charge is 0.134 e. The first-order valence-electron chi connectivity index (χ1n) is 8.52. The number of hydrogen-bond donors (Lipinski definition) is 0. The van der Waals surface area contributed by atoms with Gasteiger partial charge in [-0.15, -0.1) is 0 Å². The summed E-state index contributed by atoms with van der Waals surface area (Å²) in [6, 6.07) is 6.63. The lowest BCUT2D eigenvalue weighted by Crippen LogP contribution is -2.17. The fraction of sp³-hybridized carbons (Fsp3) is 0.381. The van der Waals surface area contributed by atoms with Crippen LogP contribution in [0.3, 0.4) is 0 Å². The average molecular weight is 342 g/mol. The molecule has 0 aliphatic carbocycles. The molecule has 0 saturated heterocycles. The largest absolute Gasteiger partial charge is 0.380 e. The highest BCUT2D eigenvalue weighted by molar-refractivity contribution is 5.83. The van der Waals surface area contributed by atoms with Crippen LogP contribution in [-0.2, 0) is 11.3 Å². The third-order valence-electron chi connectivity index (χ3n) is 4.07. The molecule has 0 N–H and O–H groups in total. The van der Waals surface area contributed by atoms with Gasteiger partial charge in [0, 0.05) is 32.3 Å². The zero-order chi connectivity index (χ0) is 18.6. The molecule has 0 spiro atoms. The van der Waals surface area contributed by atoms with E-state index in [-0.39, 0.29) is 11.7 Å². The van der Waals surface area contributed by atoms with Gasteiger partial charge in [0.25, 0.3) is 0 Å². The maximum absolute atomic E-state index is 13.5. The summed E-state index contributed by atoms with van der Waals surface area (Å²) in [6.45, 7) is 6.71. The predicted octanol–water partition coefficient (Wildman–Crippen LogP) is 5.26. The summed E-state index contributed by atoms with van der Waals surface area (Å²) in [6.07, 6.45) is 4.10. The molecule has 0 bridgehead atoms. The average Bonchev–Trinajstić information content (AvgIpc) is 2.56. The summed E-state index contributed by atoms with van der Waals surface area (Å²) >= 11 is 0. The van der Waals surface area contributed by atoms with Gasteiger partial charge in [-0.25, -0.2) is 9.37 Å². The SMILES string of the molecule is C/C=C/c1c(C(C)C)nc(N(C)C)c(COC)c1-c1ccc(F)cc1. The lowest BCUT2D eigenvalue weighted by molar-refractivity contribution is 0.185. The van der Waals surface area contributed by atoms with E-state index in [0.29, 0.717) is 6.61 Å². The van der Waals surface area contributed by atoms with Crippen LogP contribution in [0, 0.1) is 5.82 Å². The van der Waals surface area contributed by atoms with E-state index in [1.165, 1.54) is 12.1 Å². The molecule has 0 unspecified atom stereocenters. The number of halogens is 1. The summed E-state index contributed by atoms with van der Waals surface area (Å²) in [4.78, 5) is 6.94. The van der Waals surface area contributed by atoms with Crippen molar-refractivity contribution >= 4 is 11.9 Å². The first-order valence-corrected chi connectivity index (χ1v) is 8.52. The topological polar surface area (TPSA) is 25.4 Å². The molecule has 2 aromatic rings. The van der Waals surface area contributed by atoms with Crippen molar-refractivity contribution in [1.29, 1.82) is 0 Å². The van der Waals surface area contributed by atoms with Crippen molar-refractivity contribution in [1.82, 2.24) is 4.98 Å². The van der Waals surface area contributed by atoms with Gasteiger partial charge in [-0.3, -0.25) is 0 Å². The second-order valence-electron chi connectivity index (χ2n) is 6.58. The second kappa shape index (κ2) is 8.26. The molecule has 3 nitrogen and oxygen atoms in total. The minimum Gasteiger partial charge on any atom is -0.380 e. The highest BCUT2D eigenvalue weighted by Gasteiger charge is 2.22. The Morgan fingerprint density at radius 1 is 1.20 bits per heavy atom. The number of rotatable bonds is 6. The van der Waals surface area contributed by atoms with Crippen LogP contribution in [0.1, 0.15) is 43.5 Å². The Bertz CT molecular complexity index is 749. The molecule has 0 aliphatic rings. The van der Waals surface area contributed by atoms with Crippen LogP contribution in [0.5, 0.6) is 0 Å². The zero-order valence-electron chi connectivity index (χ0n) is 15.9. The summed E-state index contributed by atoms with van der Waals surface area (Å²) in [5.41, 5.74) is 5.13. The van der Waals surface area contributed by atoms with Crippen LogP contribution in [0.25, 0.3) is 17.2 Å². The Hall–Kier alpha value is -2.20. The molecule has 1 heterocycles. The van der Waals surface area contributed by atoms with Crippen LogP contribution >= 0.6 is 0 Å². The van der Waals surface area contributed by atoms with Crippen LogP contribution in [0.2, 0.25) is 0 Å². The van der Waals surface area contributed by atoms with Gasteiger partial charge < -0.3 is 9.64 Å². The molecule has 0 atom stereocenters. The molecular formula is C21H27FN2O. The Morgan fingerprint density at radius 2 is 1.84 bits per heavy atom. The van der Waals surface area contributed by atoms with Gasteiger partial charge in [-0.1, -0.05) is 38.1 Å². The van der Waals surface area contributed by atoms with Gasteiger partial charge in [0.1, 0.15) is 11.6 Å². The monoisotopic (exact) mass is 342 g/mol. The van der Waals surface area contributed by atoms with Crippen LogP contribution in [-0.4, -0.2) is 26.2 Å². The van der Waals surface area contributed by atoms with E-state index in [4.69, 9.17) is 9.72 Å². The van der Waals surface area contributed by atoms with E-state index in [0.717, 1.165) is 33.8 Å². The maximum atomic E-state index is 13.5. The lowest BCUT2D eigenvalue weighted by Gasteiger charge is -2.25.